The lowest BCUT2D eigenvalue weighted by atomic mass is 9.82. The maximum Gasteiger partial charge on any atom is 0.0406 e. The Kier molecular flexibility index (Phi) is 4.79. The Bertz CT molecular complexity index is 378. The lowest BCUT2D eigenvalue weighted by molar-refractivity contribution is 0.373. The summed E-state index contributed by atoms with van der Waals surface area (Å²) in [5, 5.41) is 4.12. The quantitative estimate of drug-likeness (QED) is 0.766. The summed E-state index contributed by atoms with van der Waals surface area (Å²) in [6.45, 7) is 10.6. The van der Waals surface area contributed by atoms with Crippen molar-refractivity contribution in [1.29, 1.82) is 0 Å². The van der Waals surface area contributed by atoms with Crippen LogP contribution in [0.3, 0.4) is 0 Å². The smallest absolute Gasteiger partial charge is 0.0406 e. The lowest BCUT2D eigenvalue weighted by Gasteiger charge is -2.30. The largest absolute Gasteiger partial charge is 0.315 e. The van der Waals surface area contributed by atoms with Crippen LogP contribution in [0.1, 0.15) is 38.7 Å². The monoisotopic (exact) mass is 251 g/mol. The summed E-state index contributed by atoms with van der Waals surface area (Å²) in [6.07, 6.45) is 1.03. The normalized spacial score (nSPS) is 13.5. The molecule has 1 unspecified atom stereocenters. The van der Waals surface area contributed by atoms with E-state index in [4.69, 9.17) is 11.6 Å². The van der Waals surface area contributed by atoms with Gasteiger partial charge in [0.05, 0.1) is 0 Å². The van der Waals surface area contributed by atoms with Gasteiger partial charge in [-0.1, -0.05) is 35.9 Å². The van der Waals surface area contributed by atoms with E-state index >= 15 is 0 Å². The first-order valence-corrected chi connectivity index (χ1v) is 6.33. The second-order valence-corrected chi connectivity index (χ2v) is 5.72. The van der Waals surface area contributed by atoms with Crippen LogP contribution in [0.25, 0.3) is 0 Å². The Balaban J connectivity index is 2.94. The van der Waals surface area contributed by atoms with Crippen LogP contribution >= 0.6 is 11.6 Å². The highest BCUT2D eigenvalue weighted by molar-refractivity contribution is 6.30. The molecule has 2 heteroatoms. The van der Waals surface area contributed by atoms with Gasteiger partial charge in [-0.3, -0.25) is 0 Å². The predicted octanol–water partition coefficient (Wildman–Crippen LogP) is 4.39. The van der Waals surface area contributed by atoms with Gasteiger partial charge >= 0.3 is 0 Å². The minimum atomic E-state index is 0.100. The molecule has 0 aliphatic carbocycles. The molecule has 1 N–H and O–H groups in total. The summed E-state index contributed by atoms with van der Waals surface area (Å²) in [5.74, 6) is 0.370. The Morgan fingerprint density at radius 2 is 1.88 bits per heavy atom. The van der Waals surface area contributed by atoms with Crippen molar-refractivity contribution in [2.45, 2.75) is 38.6 Å². The van der Waals surface area contributed by atoms with E-state index in [1.165, 1.54) is 11.1 Å². The number of nitrogens with one attached hydrogen (secondary N) is 1. The van der Waals surface area contributed by atoms with Crippen molar-refractivity contribution in [3.05, 3.63) is 47.0 Å². The number of hydrogen-bond acceptors (Lipinski definition) is 1. The Hall–Kier alpha value is -0.790. The van der Waals surface area contributed by atoms with Gasteiger partial charge < -0.3 is 5.32 Å². The molecule has 0 heterocycles. The van der Waals surface area contributed by atoms with E-state index in [0.717, 1.165) is 11.4 Å². The van der Waals surface area contributed by atoms with Crippen molar-refractivity contribution in [1.82, 2.24) is 5.32 Å². The van der Waals surface area contributed by atoms with Crippen LogP contribution < -0.4 is 5.32 Å². The molecule has 17 heavy (non-hydrogen) atoms. The maximum atomic E-state index is 5.92. The summed E-state index contributed by atoms with van der Waals surface area (Å²) in [7, 11) is 2.00. The first kappa shape index (κ1) is 14.3. The van der Waals surface area contributed by atoms with E-state index in [-0.39, 0.29) is 5.54 Å². The van der Waals surface area contributed by atoms with Crippen LogP contribution in [0.2, 0.25) is 5.02 Å². The first-order chi connectivity index (χ1) is 7.85. The molecule has 1 rings (SSSR count). The summed E-state index contributed by atoms with van der Waals surface area (Å²) in [6, 6.07) is 8.07. The molecule has 0 aliphatic heterocycles. The average Bonchev–Trinajstić information content (AvgIpc) is 2.27. The van der Waals surface area contributed by atoms with Gasteiger partial charge in [0.1, 0.15) is 0 Å². The molecule has 0 bridgehead atoms. The fraction of sp³-hybridized carbons (Fsp3) is 0.467. The van der Waals surface area contributed by atoms with E-state index in [2.05, 4.69) is 44.8 Å². The predicted molar refractivity (Wildman–Crippen MR) is 76.8 cm³/mol. The molecule has 0 saturated carbocycles. The Labute approximate surface area is 110 Å². The minimum absolute atomic E-state index is 0.100. The van der Waals surface area contributed by atoms with E-state index in [0.29, 0.717) is 5.92 Å². The fourth-order valence-corrected chi connectivity index (χ4v) is 2.01. The molecular formula is C15H22ClN. The molecule has 1 aromatic rings. The third-order valence-corrected chi connectivity index (χ3v) is 3.51. The van der Waals surface area contributed by atoms with Crippen molar-refractivity contribution >= 4 is 11.6 Å². The molecule has 0 saturated heterocycles. The molecule has 0 radical (unpaired) electrons. The topological polar surface area (TPSA) is 12.0 Å². The highest BCUT2D eigenvalue weighted by Crippen LogP contribution is 2.31. The van der Waals surface area contributed by atoms with Gasteiger partial charge in [-0.15, -0.1) is 0 Å². The van der Waals surface area contributed by atoms with Crippen LogP contribution in [0.4, 0.5) is 0 Å². The van der Waals surface area contributed by atoms with Crippen molar-refractivity contribution in [3.63, 3.8) is 0 Å². The fourth-order valence-electron chi connectivity index (χ4n) is 1.88. The molecule has 94 valence electrons. The van der Waals surface area contributed by atoms with Gasteiger partial charge in [0.15, 0.2) is 0 Å². The molecule has 0 aromatic heterocycles. The Morgan fingerprint density at radius 3 is 2.29 bits per heavy atom. The van der Waals surface area contributed by atoms with E-state index in [9.17, 15) is 0 Å². The highest BCUT2D eigenvalue weighted by atomic mass is 35.5. The van der Waals surface area contributed by atoms with Gasteiger partial charge in [-0.05, 0) is 51.9 Å². The molecular weight excluding hydrogens is 230 g/mol. The van der Waals surface area contributed by atoms with Crippen LogP contribution in [0.5, 0.6) is 0 Å². The molecule has 0 aliphatic rings. The van der Waals surface area contributed by atoms with Crippen molar-refractivity contribution in [3.8, 4) is 0 Å². The minimum Gasteiger partial charge on any atom is -0.315 e. The zero-order chi connectivity index (χ0) is 13.1. The van der Waals surface area contributed by atoms with E-state index in [1.54, 1.807) is 0 Å². The zero-order valence-corrected chi connectivity index (χ0v) is 11.9. The van der Waals surface area contributed by atoms with Crippen LogP contribution in [-0.4, -0.2) is 12.6 Å². The number of allylic oxidation sites excluding steroid dienone is 1. The van der Waals surface area contributed by atoms with Gasteiger partial charge in [0.2, 0.25) is 0 Å². The highest BCUT2D eigenvalue weighted by Gasteiger charge is 2.23. The number of hydrogen-bond donors (Lipinski definition) is 1. The maximum absolute atomic E-state index is 5.92. The molecule has 0 spiro atoms. The van der Waals surface area contributed by atoms with Gasteiger partial charge in [-0.2, -0.15) is 0 Å². The van der Waals surface area contributed by atoms with Crippen molar-refractivity contribution in [2.75, 3.05) is 7.05 Å². The third-order valence-electron chi connectivity index (χ3n) is 3.26. The Morgan fingerprint density at radius 1 is 1.35 bits per heavy atom. The molecule has 0 fully saturated rings. The number of halogens is 1. The van der Waals surface area contributed by atoms with Gasteiger partial charge in [0.25, 0.3) is 0 Å². The second-order valence-electron chi connectivity index (χ2n) is 5.29. The molecule has 1 aromatic carbocycles. The molecule has 1 nitrogen and oxygen atoms in total. The summed E-state index contributed by atoms with van der Waals surface area (Å²) in [4.78, 5) is 0. The number of rotatable bonds is 5. The molecule has 1 atom stereocenters. The van der Waals surface area contributed by atoms with Gasteiger partial charge in [-0.25, -0.2) is 0 Å². The molecule has 0 amide bonds. The standard InChI is InChI=1S/C15H22ClN/c1-11(2)14(10-15(3,4)17-5)12-6-8-13(16)9-7-12/h6-9,14,17H,1,10H2,2-5H3. The van der Waals surface area contributed by atoms with Crippen molar-refractivity contribution in [2.24, 2.45) is 0 Å². The van der Waals surface area contributed by atoms with Crippen LogP contribution in [0.15, 0.2) is 36.4 Å². The summed E-state index contributed by atoms with van der Waals surface area (Å²) in [5.41, 5.74) is 2.57. The summed E-state index contributed by atoms with van der Waals surface area (Å²) < 4.78 is 0. The zero-order valence-electron chi connectivity index (χ0n) is 11.2. The van der Waals surface area contributed by atoms with E-state index < -0.39 is 0 Å². The summed E-state index contributed by atoms with van der Waals surface area (Å²) >= 11 is 5.92. The SMILES string of the molecule is C=C(C)C(CC(C)(C)NC)c1ccc(Cl)cc1. The number of benzene rings is 1. The average molecular weight is 252 g/mol. The second kappa shape index (κ2) is 5.70. The van der Waals surface area contributed by atoms with Crippen LogP contribution in [0, 0.1) is 0 Å². The lowest BCUT2D eigenvalue weighted by Crippen LogP contribution is -2.37. The van der Waals surface area contributed by atoms with Crippen LogP contribution in [-0.2, 0) is 0 Å². The first-order valence-electron chi connectivity index (χ1n) is 5.95. The van der Waals surface area contributed by atoms with Gasteiger partial charge in [0, 0.05) is 16.5 Å². The van der Waals surface area contributed by atoms with Crippen molar-refractivity contribution < 1.29 is 0 Å². The third kappa shape index (κ3) is 4.18. The van der Waals surface area contributed by atoms with E-state index in [1.807, 2.05) is 19.2 Å².